The van der Waals surface area contributed by atoms with Gasteiger partial charge in [0.25, 0.3) is 10.0 Å². The van der Waals surface area contributed by atoms with Crippen LogP contribution in [0.1, 0.15) is 42.0 Å². The van der Waals surface area contributed by atoms with Gasteiger partial charge in [-0.1, -0.05) is 38.1 Å². The van der Waals surface area contributed by atoms with Gasteiger partial charge >= 0.3 is 0 Å². The van der Waals surface area contributed by atoms with E-state index in [1.807, 2.05) is 38.1 Å². The lowest BCUT2D eigenvalue weighted by atomic mass is 10.1. The lowest BCUT2D eigenvalue weighted by Gasteiger charge is -2.18. The van der Waals surface area contributed by atoms with Crippen molar-refractivity contribution in [2.24, 2.45) is 5.92 Å². The minimum atomic E-state index is -3.73. The second-order valence-corrected chi connectivity index (χ2v) is 10.0. The summed E-state index contributed by atoms with van der Waals surface area (Å²) in [5, 5.41) is 1.57. The fourth-order valence-corrected chi connectivity index (χ4v) is 5.83. The van der Waals surface area contributed by atoms with Crippen LogP contribution in [0.4, 0.5) is 5.69 Å². The van der Waals surface area contributed by atoms with Gasteiger partial charge in [-0.3, -0.25) is 9.10 Å². The standard InChI is InChI=1S/C23H26N2O3S/c1-15(2)11-12-24-16(3)13-19(17(24)4)21(26)14-25-20-9-5-7-18-8-6-10-22(23(18)20)29(25,27)28/h5-10,13,15H,11-12,14H2,1-4H3. The molecule has 1 aliphatic rings. The highest BCUT2D eigenvalue weighted by atomic mass is 32.2. The number of carbonyl (C=O) groups is 1. The summed E-state index contributed by atoms with van der Waals surface area (Å²) < 4.78 is 29.7. The van der Waals surface area contributed by atoms with Crippen LogP contribution in [-0.4, -0.2) is 25.3 Å². The van der Waals surface area contributed by atoms with Crippen molar-refractivity contribution in [3.8, 4) is 0 Å². The van der Waals surface area contributed by atoms with Crippen LogP contribution in [0.2, 0.25) is 0 Å². The zero-order chi connectivity index (χ0) is 20.9. The monoisotopic (exact) mass is 410 g/mol. The first-order valence-electron chi connectivity index (χ1n) is 9.96. The third kappa shape index (κ3) is 3.15. The number of carbonyl (C=O) groups excluding carboxylic acids is 1. The number of ketones is 1. The van der Waals surface area contributed by atoms with Gasteiger partial charge in [-0.05, 0) is 49.8 Å². The smallest absolute Gasteiger partial charge is 0.265 e. The van der Waals surface area contributed by atoms with Gasteiger partial charge in [-0.2, -0.15) is 0 Å². The Labute approximate surface area is 172 Å². The molecule has 5 nitrogen and oxygen atoms in total. The number of sulfonamides is 1. The maximum absolute atomic E-state index is 13.2. The molecule has 0 saturated heterocycles. The van der Waals surface area contributed by atoms with Crippen LogP contribution in [0.5, 0.6) is 0 Å². The summed E-state index contributed by atoms with van der Waals surface area (Å²) in [5.74, 6) is 0.395. The Morgan fingerprint density at radius 3 is 2.45 bits per heavy atom. The maximum Gasteiger partial charge on any atom is 0.265 e. The van der Waals surface area contributed by atoms with E-state index >= 15 is 0 Å². The average molecular weight is 411 g/mol. The molecular formula is C23H26N2O3S. The van der Waals surface area contributed by atoms with E-state index < -0.39 is 10.0 Å². The lowest BCUT2D eigenvalue weighted by molar-refractivity contribution is 0.100. The molecule has 3 aromatic rings. The summed E-state index contributed by atoms with van der Waals surface area (Å²) in [6.45, 7) is 8.95. The van der Waals surface area contributed by atoms with Crippen molar-refractivity contribution in [2.45, 2.75) is 45.6 Å². The van der Waals surface area contributed by atoms with Crippen LogP contribution in [0.3, 0.4) is 0 Å². The van der Waals surface area contributed by atoms with Crippen LogP contribution in [0.15, 0.2) is 47.4 Å². The molecule has 0 radical (unpaired) electrons. The van der Waals surface area contributed by atoms with Crippen molar-refractivity contribution >= 4 is 32.3 Å². The Kier molecular flexibility index (Phi) is 4.77. The Bertz CT molecular complexity index is 1220. The second kappa shape index (κ2) is 7.02. The molecule has 0 fully saturated rings. The molecule has 1 aliphatic heterocycles. The Hall–Kier alpha value is -2.60. The number of nitrogens with zero attached hydrogens (tertiary/aromatic N) is 2. The van der Waals surface area contributed by atoms with Gasteiger partial charge in [0, 0.05) is 28.9 Å². The van der Waals surface area contributed by atoms with Crippen LogP contribution in [0.25, 0.3) is 10.8 Å². The summed E-state index contributed by atoms with van der Waals surface area (Å²) in [4.78, 5) is 13.4. The second-order valence-electron chi connectivity index (χ2n) is 8.19. The topological polar surface area (TPSA) is 59.4 Å². The SMILES string of the molecule is Cc1cc(C(=O)CN2c3cccc4cccc(c34)S2(=O)=O)c(C)n1CCC(C)C. The summed E-state index contributed by atoms with van der Waals surface area (Å²) >= 11 is 0. The largest absolute Gasteiger partial charge is 0.348 e. The first-order valence-corrected chi connectivity index (χ1v) is 11.4. The van der Waals surface area contributed by atoms with Crippen molar-refractivity contribution in [3.63, 3.8) is 0 Å². The molecule has 0 aliphatic carbocycles. The third-order valence-corrected chi connectivity index (χ3v) is 7.57. The van der Waals surface area contributed by atoms with Gasteiger partial charge in [0.1, 0.15) is 0 Å². The molecule has 0 amide bonds. The average Bonchev–Trinajstić information content (AvgIpc) is 3.07. The van der Waals surface area contributed by atoms with Crippen molar-refractivity contribution in [2.75, 3.05) is 10.8 Å². The number of rotatable bonds is 6. The first kappa shape index (κ1) is 19.7. The molecule has 2 aromatic carbocycles. The van der Waals surface area contributed by atoms with Crippen LogP contribution >= 0.6 is 0 Å². The van der Waals surface area contributed by atoms with Crippen molar-refractivity contribution in [3.05, 3.63) is 59.4 Å². The maximum atomic E-state index is 13.2. The Morgan fingerprint density at radius 1 is 1.07 bits per heavy atom. The van der Waals surface area contributed by atoms with E-state index in [4.69, 9.17) is 0 Å². The quantitative estimate of drug-likeness (QED) is 0.554. The Balaban J connectivity index is 1.68. The molecule has 0 N–H and O–H groups in total. The van der Waals surface area contributed by atoms with Gasteiger partial charge in [-0.15, -0.1) is 0 Å². The summed E-state index contributed by atoms with van der Waals surface area (Å²) in [6.07, 6.45) is 1.03. The van der Waals surface area contributed by atoms with Crippen molar-refractivity contribution < 1.29 is 13.2 Å². The minimum Gasteiger partial charge on any atom is -0.348 e. The summed E-state index contributed by atoms with van der Waals surface area (Å²) in [6, 6.07) is 12.6. The Morgan fingerprint density at radius 2 is 1.76 bits per heavy atom. The van der Waals surface area contributed by atoms with Gasteiger partial charge in [0.2, 0.25) is 0 Å². The van der Waals surface area contributed by atoms with Gasteiger partial charge < -0.3 is 4.57 Å². The predicted octanol–water partition coefficient (Wildman–Crippen LogP) is 4.70. The minimum absolute atomic E-state index is 0.178. The molecule has 29 heavy (non-hydrogen) atoms. The van der Waals surface area contributed by atoms with E-state index in [1.54, 1.807) is 18.2 Å². The van der Waals surface area contributed by atoms with E-state index in [0.29, 0.717) is 22.6 Å². The van der Waals surface area contributed by atoms with E-state index in [0.717, 1.165) is 29.7 Å². The normalized spacial score (nSPS) is 14.9. The summed E-state index contributed by atoms with van der Waals surface area (Å²) in [7, 11) is -3.73. The molecule has 0 bridgehead atoms. The highest BCUT2D eigenvalue weighted by Crippen LogP contribution is 2.42. The molecule has 4 rings (SSSR count). The van der Waals surface area contributed by atoms with Crippen LogP contribution < -0.4 is 4.31 Å². The molecule has 1 aromatic heterocycles. The van der Waals surface area contributed by atoms with E-state index in [1.165, 1.54) is 4.31 Å². The highest BCUT2D eigenvalue weighted by Gasteiger charge is 2.37. The third-order valence-electron chi connectivity index (χ3n) is 5.77. The van der Waals surface area contributed by atoms with E-state index in [-0.39, 0.29) is 17.2 Å². The molecule has 152 valence electrons. The van der Waals surface area contributed by atoms with Crippen molar-refractivity contribution in [1.82, 2.24) is 4.57 Å². The highest BCUT2D eigenvalue weighted by molar-refractivity contribution is 7.93. The predicted molar refractivity (Wildman–Crippen MR) is 116 cm³/mol. The number of aryl methyl sites for hydroxylation is 1. The lowest BCUT2D eigenvalue weighted by Crippen LogP contribution is -2.33. The number of anilines is 1. The van der Waals surface area contributed by atoms with E-state index in [2.05, 4.69) is 18.4 Å². The number of Topliss-reactive ketones (excluding diaryl/α,β-unsaturated/α-hetero) is 1. The zero-order valence-corrected chi connectivity index (χ0v) is 18.1. The van der Waals surface area contributed by atoms with Crippen LogP contribution in [-0.2, 0) is 16.6 Å². The first-order chi connectivity index (χ1) is 13.7. The number of aromatic nitrogens is 1. The fourth-order valence-electron chi connectivity index (χ4n) is 4.16. The summed E-state index contributed by atoms with van der Waals surface area (Å²) in [5.41, 5.74) is 3.12. The van der Waals surface area contributed by atoms with Crippen LogP contribution in [0, 0.1) is 19.8 Å². The van der Waals surface area contributed by atoms with Gasteiger partial charge in [0.05, 0.1) is 17.1 Å². The van der Waals surface area contributed by atoms with E-state index in [9.17, 15) is 13.2 Å². The number of hydrogen-bond acceptors (Lipinski definition) is 3. The number of hydrogen-bond donors (Lipinski definition) is 0. The molecule has 2 heterocycles. The fraction of sp³-hybridized carbons (Fsp3) is 0.348. The zero-order valence-electron chi connectivity index (χ0n) is 17.3. The molecular weight excluding hydrogens is 384 g/mol. The number of benzene rings is 2. The molecule has 0 spiro atoms. The molecule has 0 saturated carbocycles. The van der Waals surface area contributed by atoms with Crippen molar-refractivity contribution in [1.29, 1.82) is 0 Å². The molecule has 6 heteroatoms. The molecule has 0 atom stereocenters. The van der Waals surface area contributed by atoms with Gasteiger partial charge in [0.15, 0.2) is 5.78 Å². The molecule has 0 unspecified atom stereocenters. The van der Waals surface area contributed by atoms with Gasteiger partial charge in [-0.25, -0.2) is 8.42 Å².